The molecule has 7 heteroatoms. The Hall–Kier alpha value is -2.96. The second kappa shape index (κ2) is 11.3. The molecule has 3 aromatic rings. The Kier molecular flexibility index (Phi) is 8.42. The highest BCUT2D eigenvalue weighted by Gasteiger charge is 2.22. The Bertz CT molecular complexity index is 1130. The molecule has 0 spiro atoms. The number of benzene rings is 2. The summed E-state index contributed by atoms with van der Waals surface area (Å²) in [6.45, 7) is 8.25. The fourth-order valence-corrected chi connectivity index (χ4v) is 3.97. The lowest BCUT2D eigenvalue weighted by molar-refractivity contribution is -0.137. The lowest BCUT2D eigenvalue weighted by Gasteiger charge is -2.32. The fourth-order valence-electron chi connectivity index (χ4n) is 3.70. The molecule has 2 N–H and O–H groups in total. The molecule has 2 heterocycles. The van der Waals surface area contributed by atoms with Gasteiger partial charge in [0.25, 0.3) is 5.91 Å². The number of pyridine rings is 1. The molecule has 1 aromatic heterocycles. The van der Waals surface area contributed by atoms with Crippen molar-refractivity contribution in [2.24, 2.45) is 0 Å². The number of halogens is 1. The summed E-state index contributed by atoms with van der Waals surface area (Å²) in [6, 6.07) is 16.0. The predicted octanol–water partition coefficient (Wildman–Crippen LogP) is 5.17. The van der Waals surface area contributed by atoms with Gasteiger partial charge in [0.05, 0.1) is 16.2 Å². The van der Waals surface area contributed by atoms with Gasteiger partial charge in [-0.05, 0) is 38.5 Å². The topological polar surface area (TPSA) is 82.5 Å². The summed E-state index contributed by atoms with van der Waals surface area (Å²) in [7, 11) is 0. The molecule has 0 aliphatic carbocycles. The number of piperazine rings is 1. The van der Waals surface area contributed by atoms with Gasteiger partial charge >= 0.3 is 5.97 Å². The third kappa shape index (κ3) is 6.53. The van der Waals surface area contributed by atoms with Crippen LogP contribution >= 0.6 is 11.6 Å². The maximum absolute atomic E-state index is 12.9. The van der Waals surface area contributed by atoms with Crippen molar-refractivity contribution in [3.8, 4) is 11.3 Å². The molecule has 1 amide bonds. The molecule has 6 nitrogen and oxygen atoms in total. The molecule has 174 valence electrons. The first kappa shape index (κ1) is 24.7. The number of nitrogens with one attached hydrogen (secondary N) is 1. The van der Waals surface area contributed by atoms with Crippen molar-refractivity contribution in [1.82, 2.24) is 15.2 Å². The van der Waals surface area contributed by atoms with Crippen LogP contribution in [-0.4, -0.2) is 52.5 Å². The van der Waals surface area contributed by atoms with E-state index in [9.17, 15) is 9.59 Å². The van der Waals surface area contributed by atoms with E-state index >= 15 is 0 Å². The number of amides is 1. The van der Waals surface area contributed by atoms with Gasteiger partial charge in [0.2, 0.25) is 0 Å². The maximum atomic E-state index is 12.9. The van der Waals surface area contributed by atoms with Gasteiger partial charge in [-0.3, -0.25) is 9.59 Å². The molecule has 1 atom stereocenters. The molecule has 4 rings (SSSR count). The van der Waals surface area contributed by atoms with Gasteiger partial charge < -0.3 is 15.3 Å². The highest BCUT2D eigenvalue weighted by molar-refractivity contribution is 6.35. The lowest BCUT2D eigenvalue weighted by atomic mass is 10.1. The SMILES string of the molecule is CCCC(=O)O.Cc1ccc(-c2cc(Cl)c3ccc(C(=O)N4CCN[C@H](C)C4)cc3n2)cc1. The molecular weight excluding hydrogens is 438 g/mol. The number of carbonyl (C=O) groups is 2. The molecule has 0 saturated carbocycles. The Morgan fingerprint density at radius 2 is 1.91 bits per heavy atom. The van der Waals surface area contributed by atoms with Crippen molar-refractivity contribution in [3.05, 3.63) is 64.7 Å². The van der Waals surface area contributed by atoms with Crippen molar-refractivity contribution in [2.45, 2.75) is 39.7 Å². The minimum absolute atomic E-state index is 0.0453. The van der Waals surface area contributed by atoms with E-state index < -0.39 is 5.97 Å². The van der Waals surface area contributed by atoms with Crippen LogP contribution in [-0.2, 0) is 4.79 Å². The first-order chi connectivity index (χ1) is 15.8. The average Bonchev–Trinajstić information content (AvgIpc) is 2.79. The molecule has 1 saturated heterocycles. The van der Waals surface area contributed by atoms with Crippen LogP contribution in [0.15, 0.2) is 48.5 Å². The van der Waals surface area contributed by atoms with Crippen LogP contribution in [0.25, 0.3) is 22.2 Å². The standard InChI is InChI=1S/C22H22ClN3O.C4H8O2/c1-14-3-5-16(6-4-14)20-12-19(23)18-8-7-17(11-21(18)25-20)22(27)26-10-9-24-15(2)13-26;1-2-3-4(5)6/h3-8,11-12,15,24H,9-10,13H2,1-2H3;2-3H2,1H3,(H,5,6)/t15-;/m1./s1. The van der Waals surface area contributed by atoms with Gasteiger partial charge in [-0.1, -0.05) is 54.4 Å². The van der Waals surface area contributed by atoms with Gasteiger partial charge in [0.1, 0.15) is 0 Å². The normalized spacial score (nSPS) is 15.6. The third-order valence-electron chi connectivity index (χ3n) is 5.47. The maximum Gasteiger partial charge on any atom is 0.303 e. The van der Waals surface area contributed by atoms with Gasteiger partial charge in [-0.15, -0.1) is 0 Å². The molecule has 0 unspecified atom stereocenters. The summed E-state index contributed by atoms with van der Waals surface area (Å²) >= 11 is 6.50. The highest BCUT2D eigenvalue weighted by atomic mass is 35.5. The zero-order chi connectivity index (χ0) is 24.0. The number of nitrogens with zero attached hydrogens (tertiary/aromatic N) is 2. The van der Waals surface area contributed by atoms with E-state index in [1.807, 2.05) is 48.2 Å². The van der Waals surface area contributed by atoms with E-state index in [2.05, 4.69) is 31.3 Å². The van der Waals surface area contributed by atoms with Crippen LogP contribution in [0.1, 0.15) is 42.6 Å². The number of hydrogen-bond acceptors (Lipinski definition) is 4. The van der Waals surface area contributed by atoms with Crippen LogP contribution < -0.4 is 5.32 Å². The number of aliphatic carboxylic acids is 1. The van der Waals surface area contributed by atoms with E-state index in [1.165, 1.54) is 5.56 Å². The minimum atomic E-state index is -0.711. The first-order valence-corrected chi connectivity index (χ1v) is 11.6. The van der Waals surface area contributed by atoms with Gasteiger partial charge in [0.15, 0.2) is 0 Å². The number of carboxylic acid groups (broad SMARTS) is 1. The zero-order valence-corrected chi connectivity index (χ0v) is 20.0. The van der Waals surface area contributed by atoms with Crippen molar-refractivity contribution in [2.75, 3.05) is 19.6 Å². The zero-order valence-electron chi connectivity index (χ0n) is 19.3. The summed E-state index contributed by atoms with van der Waals surface area (Å²) in [5, 5.41) is 12.8. The van der Waals surface area contributed by atoms with Crippen LogP contribution in [0, 0.1) is 6.92 Å². The predicted molar refractivity (Wildman–Crippen MR) is 133 cm³/mol. The number of aryl methyl sites for hydroxylation is 1. The second-order valence-corrected chi connectivity index (χ2v) is 8.74. The second-order valence-electron chi connectivity index (χ2n) is 8.34. The number of fused-ring (bicyclic) bond motifs is 1. The minimum Gasteiger partial charge on any atom is -0.481 e. The average molecular weight is 468 g/mol. The van der Waals surface area contributed by atoms with E-state index in [1.54, 1.807) is 0 Å². The quantitative estimate of drug-likeness (QED) is 0.553. The molecule has 1 aliphatic rings. The van der Waals surface area contributed by atoms with E-state index in [0.29, 0.717) is 29.6 Å². The summed E-state index contributed by atoms with van der Waals surface area (Å²) in [6.07, 6.45) is 1.02. The summed E-state index contributed by atoms with van der Waals surface area (Å²) in [5.41, 5.74) is 4.42. The van der Waals surface area contributed by atoms with Crippen LogP contribution in [0.4, 0.5) is 0 Å². The molecule has 2 aromatic carbocycles. The van der Waals surface area contributed by atoms with Crippen LogP contribution in [0.2, 0.25) is 5.02 Å². The van der Waals surface area contributed by atoms with E-state index in [-0.39, 0.29) is 5.91 Å². The largest absolute Gasteiger partial charge is 0.481 e. The highest BCUT2D eigenvalue weighted by Crippen LogP contribution is 2.29. The molecule has 1 fully saturated rings. The summed E-state index contributed by atoms with van der Waals surface area (Å²) < 4.78 is 0. The van der Waals surface area contributed by atoms with Crippen LogP contribution in [0.5, 0.6) is 0 Å². The fraction of sp³-hybridized carbons (Fsp3) is 0.346. The third-order valence-corrected chi connectivity index (χ3v) is 5.79. The molecule has 1 aliphatic heterocycles. The Morgan fingerprint density at radius 1 is 1.18 bits per heavy atom. The number of aromatic nitrogens is 1. The molecule has 0 bridgehead atoms. The molecule has 0 radical (unpaired) electrons. The lowest BCUT2D eigenvalue weighted by Crippen LogP contribution is -2.51. The number of carboxylic acids is 1. The van der Waals surface area contributed by atoms with Crippen molar-refractivity contribution >= 4 is 34.4 Å². The number of carbonyl (C=O) groups excluding carboxylic acids is 1. The summed E-state index contributed by atoms with van der Waals surface area (Å²) in [5.74, 6) is -0.665. The van der Waals surface area contributed by atoms with Crippen molar-refractivity contribution in [1.29, 1.82) is 0 Å². The first-order valence-electron chi connectivity index (χ1n) is 11.2. The van der Waals surface area contributed by atoms with Crippen LogP contribution in [0.3, 0.4) is 0 Å². The number of hydrogen-bond donors (Lipinski definition) is 2. The monoisotopic (exact) mass is 467 g/mol. The van der Waals surface area contributed by atoms with Gasteiger partial charge in [-0.25, -0.2) is 4.98 Å². The molecular formula is C26H30ClN3O3. The molecule has 33 heavy (non-hydrogen) atoms. The van der Waals surface area contributed by atoms with Crippen molar-refractivity contribution < 1.29 is 14.7 Å². The van der Waals surface area contributed by atoms with Crippen molar-refractivity contribution in [3.63, 3.8) is 0 Å². The van der Waals surface area contributed by atoms with Gasteiger partial charge in [-0.2, -0.15) is 0 Å². The Labute approximate surface area is 199 Å². The number of rotatable bonds is 4. The summed E-state index contributed by atoms with van der Waals surface area (Å²) in [4.78, 5) is 29.2. The van der Waals surface area contributed by atoms with E-state index in [0.717, 1.165) is 41.7 Å². The van der Waals surface area contributed by atoms with E-state index in [4.69, 9.17) is 21.7 Å². The Balaban J connectivity index is 0.000000454. The smallest absolute Gasteiger partial charge is 0.303 e. The van der Waals surface area contributed by atoms with Gasteiger partial charge in [0, 0.05) is 48.6 Å². The Morgan fingerprint density at radius 3 is 2.52 bits per heavy atom.